The number of esters is 1. The van der Waals surface area contributed by atoms with E-state index in [1.165, 1.54) is 7.11 Å². The molecule has 2 heteroatoms. The molecule has 0 aromatic heterocycles. The van der Waals surface area contributed by atoms with Crippen molar-refractivity contribution >= 4 is 12.0 Å². The molecular weight excluding hydrogens is 176 g/mol. The Morgan fingerprint density at radius 2 is 2.14 bits per heavy atom. The van der Waals surface area contributed by atoms with Crippen LogP contribution in [0.4, 0.5) is 0 Å². The summed E-state index contributed by atoms with van der Waals surface area (Å²) in [6.07, 6.45) is 3.98. The van der Waals surface area contributed by atoms with Crippen LogP contribution in [0.5, 0.6) is 0 Å². The molecule has 74 valence electrons. The van der Waals surface area contributed by atoms with E-state index in [4.69, 9.17) is 0 Å². The van der Waals surface area contributed by atoms with E-state index in [2.05, 4.69) is 4.74 Å². The summed E-state index contributed by atoms with van der Waals surface area (Å²) in [7, 11) is 1.39. The Hall–Kier alpha value is -1.57. The monoisotopic (exact) mass is 190 g/mol. The van der Waals surface area contributed by atoms with Gasteiger partial charge in [-0.25, -0.2) is 4.79 Å². The zero-order valence-electron chi connectivity index (χ0n) is 8.70. The standard InChI is InChI=1S/C12H14O2/c1-4-5-10-6-7-11(8-9(10)2)12(13)14-3/h4-8H,1-3H3/b5-4-. The van der Waals surface area contributed by atoms with Crippen molar-refractivity contribution in [3.8, 4) is 0 Å². The predicted molar refractivity (Wildman–Crippen MR) is 57.2 cm³/mol. The molecule has 0 aliphatic carbocycles. The Morgan fingerprint density at radius 3 is 2.64 bits per heavy atom. The van der Waals surface area contributed by atoms with Gasteiger partial charge in [-0.3, -0.25) is 0 Å². The lowest BCUT2D eigenvalue weighted by Gasteiger charge is -2.03. The summed E-state index contributed by atoms with van der Waals surface area (Å²) in [4.78, 5) is 11.2. The summed E-state index contributed by atoms with van der Waals surface area (Å²) in [5.41, 5.74) is 2.80. The van der Waals surface area contributed by atoms with Crippen LogP contribution in [-0.4, -0.2) is 13.1 Å². The van der Waals surface area contributed by atoms with Crippen LogP contribution in [0.2, 0.25) is 0 Å². The minimum atomic E-state index is -0.292. The van der Waals surface area contributed by atoms with Crippen molar-refractivity contribution in [2.75, 3.05) is 7.11 Å². The predicted octanol–water partition coefficient (Wildman–Crippen LogP) is 2.81. The fraction of sp³-hybridized carbons (Fsp3) is 0.250. The molecule has 0 heterocycles. The van der Waals surface area contributed by atoms with Gasteiger partial charge < -0.3 is 4.74 Å². The lowest BCUT2D eigenvalue weighted by Crippen LogP contribution is -2.01. The molecule has 0 unspecified atom stereocenters. The van der Waals surface area contributed by atoms with Crippen LogP contribution in [0.1, 0.15) is 28.4 Å². The number of ether oxygens (including phenoxy) is 1. The average Bonchev–Trinajstić information content (AvgIpc) is 2.20. The molecule has 1 rings (SSSR count). The van der Waals surface area contributed by atoms with Gasteiger partial charge in [0.2, 0.25) is 0 Å². The van der Waals surface area contributed by atoms with E-state index >= 15 is 0 Å². The minimum Gasteiger partial charge on any atom is -0.465 e. The minimum absolute atomic E-state index is 0.292. The van der Waals surface area contributed by atoms with Gasteiger partial charge in [0, 0.05) is 0 Å². The molecule has 2 nitrogen and oxygen atoms in total. The van der Waals surface area contributed by atoms with Crippen molar-refractivity contribution in [1.29, 1.82) is 0 Å². The third-order valence-electron chi connectivity index (χ3n) is 2.04. The largest absolute Gasteiger partial charge is 0.465 e. The van der Waals surface area contributed by atoms with E-state index in [-0.39, 0.29) is 5.97 Å². The van der Waals surface area contributed by atoms with Crippen LogP contribution in [0, 0.1) is 6.92 Å². The molecule has 1 aromatic carbocycles. The Kier molecular flexibility index (Phi) is 3.46. The summed E-state index contributed by atoms with van der Waals surface area (Å²) < 4.78 is 4.63. The van der Waals surface area contributed by atoms with Gasteiger partial charge in [-0.05, 0) is 37.1 Å². The zero-order chi connectivity index (χ0) is 10.6. The van der Waals surface area contributed by atoms with Crippen molar-refractivity contribution in [1.82, 2.24) is 0 Å². The number of hydrogen-bond donors (Lipinski definition) is 0. The Morgan fingerprint density at radius 1 is 1.43 bits per heavy atom. The second kappa shape index (κ2) is 4.61. The van der Waals surface area contributed by atoms with E-state index in [1.807, 2.05) is 38.1 Å². The van der Waals surface area contributed by atoms with Gasteiger partial charge in [0.1, 0.15) is 0 Å². The van der Waals surface area contributed by atoms with Gasteiger partial charge in [0.05, 0.1) is 12.7 Å². The molecule has 0 amide bonds. The number of benzene rings is 1. The van der Waals surface area contributed by atoms with Crippen molar-refractivity contribution in [3.05, 3.63) is 41.0 Å². The first kappa shape index (κ1) is 10.5. The molecule has 0 atom stereocenters. The average molecular weight is 190 g/mol. The third-order valence-corrected chi connectivity index (χ3v) is 2.04. The number of carbonyl (C=O) groups is 1. The first-order valence-corrected chi connectivity index (χ1v) is 4.50. The van der Waals surface area contributed by atoms with Gasteiger partial charge >= 0.3 is 5.97 Å². The lowest BCUT2D eigenvalue weighted by molar-refractivity contribution is 0.0600. The fourth-order valence-corrected chi connectivity index (χ4v) is 1.29. The van der Waals surface area contributed by atoms with E-state index in [0.717, 1.165) is 11.1 Å². The van der Waals surface area contributed by atoms with Gasteiger partial charge in [0.25, 0.3) is 0 Å². The van der Waals surface area contributed by atoms with Crippen LogP contribution in [0.15, 0.2) is 24.3 Å². The Labute approximate surface area is 84.2 Å². The second-order valence-electron chi connectivity index (χ2n) is 3.06. The number of hydrogen-bond acceptors (Lipinski definition) is 2. The summed E-state index contributed by atoms with van der Waals surface area (Å²) in [6, 6.07) is 5.52. The molecule has 1 aromatic rings. The summed E-state index contributed by atoms with van der Waals surface area (Å²) in [5.74, 6) is -0.292. The number of methoxy groups -OCH3 is 1. The summed E-state index contributed by atoms with van der Waals surface area (Å²) >= 11 is 0. The summed E-state index contributed by atoms with van der Waals surface area (Å²) in [5, 5.41) is 0. The molecule has 0 radical (unpaired) electrons. The van der Waals surface area contributed by atoms with E-state index in [1.54, 1.807) is 6.07 Å². The van der Waals surface area contributed by atoms with E-state index in [9.17, 15) is 4.79 Å². The SMILES string of the molecule is C/C=C\c1ccc(C(=O)OC)cc1C. The maximum atomic E-state index is 11.2. The number of rotatable bonds is 2. The molecule has 0 aliphatic heterocycles. The molecule has 14 heavy (non-hydrogen) atoms. The van der Waals surface area contributed by atoms with Crippen LogP contribution in [0.3, 0.4) is 0 Å². The Bertz CT molecular complexity index is 365. The van der Waals surface area contributed by atoms with Gasteiger partial charge in [-0.1, -0.05) is 18.2 Å². The molecular formula is C12H14O2. The number of carbonyl (C=O) groups excluding carboxylic acids is 1. The molecule has 0 spiro atoms. The molecule has 0 N–H and O–H groups in total. The molecule has 0 aliphatic rings. The molecule has 0 bridgehead atoms. The maximum absolute atomic E-state index is 11.2. The van der Waals surface area contributed by atoms with Crippen LogP contribution < -0.4 is 0 Å². The van der Waals surface area contributed by atoms with Crippen LogP contribution in [-0.2, 0) is 4.74 Å². The number of aryl methyl sites for hydroxylation is 1. The van der Waals surface area contributed by atoms with E-state index in [0.29, 0.717) is 5.56 Å². The highest BCUT2D eigenvalue weighted by molar-refractivity contribution is 5.89. The van der Waals surface area contributed by atoms with Crippen molar-refractivity contribution < 1.29 is 9.53 Å². The molecule has 0 fully saturated rings. The first-order chi connectivity index (χ1) is 6.69. The molecule has 0 saturated heterocycles. The highest BCUT2D eigenvalue weighted by Crippen LogP contribution is 2.13. The topological polar surface area (TPSA) is 26.3 Å². The van der Waals surface area contributed by atoms with Crippen molar-refractivity contribution in [2.24, 2.45) is 0 Å². The summed E-state index contributed by atoms with van der Waals surface area (Å²) in [6.45, 7) is 3.94. The van der Waals surface area contributed by atoms with Crippen molar-refractivity contribution in [3.63, 3.8) is 0 Å². The molecule has 0 saturated carbocycles. The van der Waals surface area contributed by atoms with Crippen molar-refractivity contribution in [2.45, 2.75) is 13.8 Å². The quantitative estimate of drug-likeness (QED) is 0.670. The van der Waals surface area contributed by atoms with Gasteiger partial charge in [-0.2, -0.15) is 0 Å². The highest BCUT2D eigenvalue weighted by Gasteiger charge is 2.05. The van der Waals surface area contributed by atoms with E-state index < -0.39 is 0 Å². The third kappa shape index (κ3) is 2.22. The first-order valence-electron chi connectivity index (χ1n) is 4.50. The van der Waals surface area contributed by atoms with Crippen LogP contribution >= 0.6 is 0 Å². The zero-order valence-corrected chi connectivity index (χ0v) is 8.70. The van der Waals surface area contributed by atoms with Gasteiger partial charge in [0.15, 0.2) is 0 Å². The second-order valence-corrected chi connectivity index (χ2v) is 3.06. The Balaban J connectivity index is 3.06. The smallest absolute Gasteiger partial charge is 0.337 e. The maximum Gasteiger partial charge on any atom is 0.337 e. The number of allylic oxidation sites excluding steroid dienone is 1. The highest BCUT2D eigenvalue weighted by atomic mass is 16.5. The van der Waals surface area contributed by atoms with Gasteiger partial charge in [-0.15, -0.1) is 0 Å². The normalized spacial score (nSPS) is 10.5. The van der Waals surface area contributed by atoms with Crippen LogP contribution in [0.25, 0.3) is 6.08 Å². The fourth-order valence-electron chi connectivity index (χ4n) is 1.29. The lowest BCUT2D eigenvalue weighted by atomic mass is 10.0.